The maximum absolute atomic E-state index is 12.3. The standard InChI is InChI=1S/C31H24N2O2S/c32-31(34)26-11-5-12-27-30(26)25-15-14-23(29-13-6-16-36-29)18-28(25)33(27)19-22-9-4-10-24(17-22)35-20-21-7-2-1-3-8-21/h1-18H,19-20H2,(H2,32,34). The lowest BCUT2D eigenvalue weighted by Crippen LogP contribution is -2.11. The molecule has 0 radical (unpaired) electrons. The summed E-state index contributed by atoms with van der Waals surface area (Å²) in [7, 11) is 0. The SMILES string of the molecule is NC(=O)c1cccc2c1c1ccc(-c3cccs3)cc1n2Cc1cccc(OCc2ccccc2)c1. The van der Waals surface area contributed by atoms with Crippen molar-refractivity contribution in [1.29, 1.82) is 0 Å². The van der Waals surface area contributed by atoms with Gasteiger partial charge in [-0.15, -0.1) is 11.3 Å². The van der Waals surface area contributed by atoms with Crippen molar-refractivity contribution in [3.8, 4) is 16.2 Å². The van der Waals surface area contributed by atoms with Crippen LogP contribution in [0.4, 0.5) is 0 Å². The van der Waals surface area contributed by atoms with Crippen molar-refractivity contribution in [1.82, 2.24) is 4.57 Å². The highest BCUT2D eigenvalue weighted by Gasteiger charge is 2.17. The molecule has 0 atom stereocenters. The van der Waals surface area contributed by atoms with Gasteiger partial charge in [-0.05, 0) is 58.5 Å². The first kappa shape index (κ1) is 22.1. The number of benzene rings is 4. The maximum atomic E-state index is 12.3. The third-order valence-corrected chi connectivity index (χ3v) is 7.37. The molecule has 0 unspecified atom stereocenters. The number of hydrogen-bond donors (Lipinski definition) is 1. The molecule has 0 saturated heterocycles. The molecule has 0 aliphatic rings. The Kier molecular flexibility index (Phi) is 5.76. The zero-order valence-corrected chi connectivity index (χ0v) is 20.4. The second kappa shape index (κ2) is 9.36. The average molecular weight is 489 g/mol. The van der Waals surface area contributed by atoms with Gasteiger partial charge in [-0.3, -0.25) is 4.79 Å². The molecule has 0 spiro atoms. The molecule has 2 heterocycles. The molecule has 2 N–H and O–H groups in total. The van der Waals surface area contributed by atoms with E-state index in [4.69, 9.17) is 10.5 Å². The summed E-state index contributed by atoms with van der Waals surface area (Å²) in [5.74, 6) is 0.410. The van der Waals surface area contributed by atoms with Gasteiger partial charge in [0.15, 0.2) is 0 Å². The number of ether oxygens (including phenoxy) is 1. The van der Waals surface area contributed by atoms with Gasteiger partial charge in [-0.1, -0.05) is 66.7 Å². The molecule has 1 amide bonds. The Labute approximate surface area is 213 Å². The summed E-state index contributed by atoms with van der Waals surface area (Å²) in [5.41, 5.74) is 11.8. The van der Waals surface area contributed by atoms with E-state index >= 15 is 0 Å². The molecule has 4 aromatic carbocycles. The summed E-state index contributed by atoms with van der Waals surface area (Å²) in [6, 6.07) is 34.7. The van der Waals surface area contributed by atoms with Gasteiger partial charge in [-0.25, -0.2) is 0 Å². The smallest absolute Gasteiger partial charge is 0.249 e. The van der Waals surface area contributed by atoms with Gasteiger partial charge in [0.2, 0.25) is 5.91 Å². The van der Waals surface area contributed by atoms with Crippen molar-refractivity contribution < 1.29 is 9.53 Å². The summed E-state index contributed by atoms with van der Waals surface area (Å²) in [4.78, 5) is 13.5. The van der Waals surface area contributed by atoms with Crippen LogP contribution in [0, 0.1) is 0 Å². The second-order valence-electron chi connectivity index (χ2n) is 8.78. The van der Waals surface area contributed by atoms with E-state index in [2.05, 4.69) is 70.6 Å². The van der Waals surface area contributed by atoms with Crippen LogP contribution in [0.25, 0.3) is 32.2 Å². The van der Waals surface area contributed by atoms with E-state index in [9.17, 15) is 4.79 Å². The van der Waals surface area contributed by atoms with Crippen LogP contribution in [0.5, 0.6) is 5.75 Å². The van der Waals surface area contributed by atoms with E-state index < -0.39 is 5.91 Å². The van der Waals surface area contributed by atoms with Crippen LogP contribution in [0.3, 0.4) is 0 Å². The fourth-order valence-corrected chi connectivity index (χ4v) is 5.50. The van der Waals surface area contributed by atoms with Crippen molar-refractivity contribution >= 4 is 39.0 Å². The van der Waals surface area contributed by atoms with Crippen molar-refractivity contribution in [3.05, 3.63) is 125 Å². The molecule has 4 nitrogen and oxygen atoms in total. The number of primary amides is 1. The Balaban J connectivity index is 1.44. The molecule has 0 saturated carbocycles. The summed E-state index contributed by atoms with van der Waals surface area (Å²) >= 11 is 1.72. The van der Waals surface area contributed by atoms with Crippen molar-refractivity contribution in [2.24, 2.45) is 5.73 Å². The van der Waals surface area contributed by atoms with E-state index in [0.29, 0.717) is 18.7 Å². The van der Waals surface area contributed by atoms with Crippen LogP contribution in [-0.4, -0.2) is 10.5 Å². The maximum Gasteiger partial charge on any atom is 0.249 e. The molecular weight excluding hydrogens is 464 g/mol. The highest BCUT2D eigenvalue weighted by atomic mass is 32.1. The monoisotopic (exact) mass is 488 g/mol. The number of rotatable bonds is 7. The second-order valence-corrected chi connectivity index (χ2v) is 9.73. The summed E-state index contributed by atoms with van der Waals surface area (Å²) in [6.45, 7) is 1.16. The summed E-state index contributed by atoms with van der Waals surface area (Å²) < 4.78 is 8.34. The number of thiophene rings is 1. The predicted molar refractivity (Wildman–Crippen MR) is 148 cm³/mol. The van der Waals surface area contributed by atoms with Gasteiger partial charge in [0.25, 0.3) is 0 Å². The van der Waals surface area contributed by atoms with Crippen LogP contribution in [0.15, 0.2) is 109 Å². The third kappa shape index (κ3) is 4.14. The van der Waals surface area contributed by atoms with Crippen LogP contribution < -0.4 is 10.5 Å². The lowest BCUT2D eigenvalue weighted by molar-refractivity contribution is 0.100. The first-order chi connectivity index (χ1) is 17.7. The molecule has 176 valence electrons. The molecular formula is C31H24N2O2S. The number of fused-ring (bicyclic) bond motifs is 3. The van der Waals surface area contributed by atoms with Crippen molar-refractivity contribution in [2.75, 3.05) is 0 Å². The minimum atomic E-state index is -0.418. The van der Waals surface area contributed by atoms with Gasteiger partial charge in [0.05, 0.1) is 11.0 Å². The Hall–Kier alpha value is -4.35. The van der Waals surface area contributed by atoms with Crippen molar-refractivity contribution in [3.63, 3.8) is 0 Å². The van der Waals surface area contributed by atoms with Gasteiger partial charge in [0, 0.05) is 27.8 Å². The molecule has 5 heteroatoms. The number of carbonyl (C=O) groups is 1. The lowest BCUT2D eigenvalue weighted by Gasteiger charge is -2.11. The highest BCUT2D eigenvalue weighted by Crippen LogP contribution is 2.36. The quantitative estimate of drug-likeness (QED) is 0.257. The first-order valence-electron chi connectivity index (χ1n) is 11.8. The minimum absolute atomic E-state index is 0.418. The fraction of sp³-hybridized carbons (Fsp3) is 0.0645. The minimum Gasteiger partial charge on any atom is -0.489 e. The topological polar surface area (TPSA) is 57.2 Å². The van der Waals surface area contributed by atoms with Gasteiger partial charge < -0.3 is 15.0 Å². The van der Waals surface area contributed by atoms with Crippen LogP contribution in [-0.2, 0) is 13.2 Å². The molecule has 36 heavy (non-hydrogen) atoms. The van der Waals surface area contributed by atoms with E-state index in [0.717, 1.165) is 44.2 Å². The highest BCUT2D eigenvalue weighted by molar-refractivity contribution is 7.13. The van der Waals surface area contributed by atoms with Crippen LogP contribution in [0.1, 0.15) is 21.5 Å². The lowest BCUT2D eigenvalue weighted by atomic mass is 10.0. The third-order valence-electron chi connectivity index (χ3n) is 6.45. The number of nitrogens with two attached hydrogens (primary N) is 1. The van der Waals surface area contributed by atoms with E-state index in [1.807, 2.05) is 36.4 Å². The summed E-state index contributed by atoms with van der Waals surface area (Å²) in [6.07, 6.45) is 0. The molecule has 0 bridgehead atoms. The Morgan fingerprint density at radius 1 is 0.806 bits per heavy atom. The van der Waals surface area contributed by atoms with E-state index in [-0.39, 0.29) is 0 Å². The van der Waals surface area contributed by atoms with Crippen molar-refractivity contribution in [2.45, 2.75) is 13.2 Å². The molecule has 6 aromatic rings. The van der Waals surface area contributed by atoms with Gasteiger partial charge >= 0.3 is 0 Å². The normalized spacial score (nSPS) is 11.2. The van der Waals surface area contributed by atoms with Gasteiger partial charge in [0.1, 0.15) is 12.4 Å². The number of aromatic nitrogens is 1. The molecule has 0 fully saturated rings. The Morgan fingerprint density at radius 3 is 2.44 bits per heavy atom. The average Bonchev–Trinajstić information content (AvgIpc) is 3.55. The fourth-order valence-electron chi connectivity index (χ4n) is 4.77. The van der Waals surface area contributed by atoms with Crippen LogP contribution in [0.2, 0.25) is 0 Å². The summed E-state index contributed by atoms with van der Waals surface area (Å²) in [5, 5.41) is 4.01. The number of nitrogens with zero attached hydrogens (tertiary/aromatic N) is 1. The van der Waals surface area contributed by atoms with E-state index in [1.54, 1.807) is 17.4 Å². The van der Waals surface area contributed by atoms with E-state index in [1.165, 1.54) is 4.88 Å². The Morgan fingerprint density at radius 2 is 1.64 bits per heavy atom. The van der Waals surface area contributed by atoms with Gasteiger partial charge in [-0.2, -0.15) is 0 Å². The number of carbonyl (C=O) groups excluding carboxylic acids is 1. The molecule has 6 rings (SSSR count). The zero-order valence-electron chi connectivity index (χ0n) is 19.6. The number of amides is 1. The predicted octanol–water partition coefficient (Wildman–Crippen LogP) is 7.25. The Bertz CT molecular complexity index is 1690. The molecule has 2 aromatic heterocycles. The largest absolute Gasteiger partial charge is 0.489 e. The zero-order chi connectivity index (χ0) is 24.5. The molecule has 0 aliphatic heterocycles. The van der Waals surface area contributed by atoms with Crippen LogP contribution >= 0.6 is 11.3 Å². The molecule has 0 aliphatic carbocycles. The first-order valence-corrected chi connectivity index (χ1v) is 12.7. The number of hydrogen-bond acceptors (Lipinski definition) is 3.